The van der Waals surface area contributed by atoms with Crippen LogP contribution in [-0.4, -0.2) is 30.0 Å². The number of ketones is 2. The smallest absolute Gasteiger partial charge is 0.449 e. The van der Waals surface area contributed by atoms with Crippen LogP contribution in [0.15, 0.2) is 108 Å². The van der Waals surface area contributed by atoms with Gasteiger partial charge >= 0.3 is 12.4 Å². The second-order valence-electron chi connectivity index (χ2n) is 8.68. The zero-order valence-corrected chi connectivity index (χ0v) is 19.8. The van der Waals surface area contributed by atoms with Crippen molar-refractivity contribution in [2.45, 2.75) is 31.3 Å². The summed E-state index contributed by atoms with van der Waals surface area (Å²) in [6.45, 7) is 1.69. The minimum atomic E-state index is -5.38. The molecule has 0 spiro atoms. The summed E-state index contributed by atoms with van der Waals surface area (Å²) in [5.74, 6) is -5.82. The van der Waals surface area contributed by atoms with Crippen molar-refractivity contribution in [2.75, 3.05) is 0 Å². The van der Waals surface area contributed by atoms with Gasteiger partial charge in [0.1, 0.15) is 0 Å². The van der Waals surface area contributed by atoms with Crippen molar-refractivity contribution in [2.24, 2.45) is 0 Å². The average Bonchev–Trinajstić information content (AvgIpc) is 3.28. The Morgan fingerprint density at radius 1 is 0.763 bits per heavy atom. The number of Topliss-reactive ketones (excluding diaryl/α,β-unsaturated/α-hetero) is 1. The topological polar surface area (TPSA) is 43.4 Å². The predicted molar refractivity (Wildman–Crippen MR) is 128 cm³/mol. The summed E-state index contributed by atoms with van der Waals surface area (Å²) in [5, 5.41) is 0. The number of benzene rings is 3. The molecule has 0 fully saturated rings. The molecule has 196 valence electrons. The van der Waals surface area contributed by atoms with Gasteiger partial charge in [-0.3, -0.25) is 9.59 Å². The van der Waals surface area contributed by atoms with Crippen LogP contribution in [0.1, 0.15) is 37.8 Å². The number of carbonyl (C=O) groups excluding carboxylic acids is 2. The number of aryl methyl sites for hydroxylation is 1. The molecule has 0 aromatic heterocycles. The normalized spacial score (nSPS) is 18.3. The first-order chi connectivity index (χ1) is 17.9. The molecule has 1 aliphatic heterocycles. The third-order valence-electron chi connectivity index (χ3n) is 6.04. The van der Waals surface area contributed by atoms with Crippen LogP contribution in [0.3, 0.4) is 0 Å². The first-order valence-electron chi connectivity index (χ1n) is 11.4. The van der Waals surface area contributed by atoms with Crippen molar-refractivity contribution in [3.8, 4) is 0 Å². The highest BCUT2D eigenvalue weighted by atomic mass is 19.4. The minimum absolute atomic E-state index is 0.00133. The van der Waals surface area contributed by atoms with E-state index in [4.69, 9.17) is 4.74 Å². The zero-order chi connectivity index (χ0) is 27.7. The van der Waals surface area contributed by atoms with Gasteiger partial charge in [-0.05, 0) is 18.6 Å². The van der Waals surface area contributed by atoms with Gasteiger partial charge in [0, 0.05) is 16.7 Å². The van der Waals surface area contributed by atoms with Gasteiger partial charge in [0.05, 0.1) is 11.5 Å². The molecule has 0 saturated carbocycles. The highest BCUT2D eigenvalue weighted by Crippen LogP contribution is 2.52. The van der Waals surface area contributed by atoms with E-state index in [1.165, 1.54) is 78.9 Å². The molecule has 1 heterocycles. The lowest BCUT2D eigenvalue weighted by molar-refractivity contribution is -0.132. The van der Waals surface area contributed by atoms with E-state index in [9.17, 15) is 35.9 Å². The van der Waals surface area contributed by atoms with Crippen molar-refractivity contribution in [1.82, 2.24) is 0 Å². The van der Waals surface area contributed by atoms with Gasteiger partial charge in [-0.2, -0.15) is 26.3 Å². The Bertz CT molecular complexity index is 1390. The largest absolute Gasteiger partial charge is 0.476 e. The SMILES string of the molecule is Cc1ccc(C2C(C(=CC(=O)c3ccccc3)C(F)(F)F)=C(C(F)(F)F)OC2C(=O)c2ccccc2)cc1. The highest BCUT2D eigenvalue weighted by molar-refractivity contribution is 6.06. The lowest BCUT2D eigenvalue weighted by atomic mass is 9.80. The predicted octanol–water partition coefficient (Wildman–Crippen LogP) is 7.55. The molecule has 3 nitrogen and oxygen atoms in total. The van der Waals surface area contributed by atoms with Gasteiger partial charge in [0.25, 0.3) is 0 Å². The maximum absolute atomic E-state index is 14.5. The van der Waals surface area contributed by atoms with Gasteiger partial charge in [-0.15, -0.1) is 0 Å². The fourth-order valence-electron chi connectivity index (χ4n) is 4.28. The number of alkyl halides is 6. The van der Waals surface area contributed by atoms with Crippen LogP contribution in [0, 0.1) is 6.92 Å². The van der Waals surface area contributed by atoms with E-state index in [0.717, 1.165) is 0 Å². The van der Waals surface area contributed by atoms with Gasteiger partial charge in [0.15, 0.2) is 11.9 Å². The standard InChI is InChI=1S/C29H20F6O3/c1-17-12-14-19(15-13-17)23-24(21(28(30,31)32)16-22(36)18-8-4-2-5-9-18)27(29(33,34)35)38-26(23)25(37)20-10-6-3-7-11-20/h2-16,23,26H,1H3. The van der Waals surface area contributed by atoms with Gasteiger partial charge in [-0.1, -0.05) is 90.5 Å². The number of carbonyl (C=O) groups is 2. The molecule has 2 unspecified atom stereocenters. The van der Waals surface area contributed by atoms with Crippen LogP contribution in [0.5, 0.6) is 0 Å². The summed E-state index contributed by atoms with van der Waals surface area (Å²) in [5.41, 5.74) is -2.62. The number of hydrogen-bond donors (Lipinski definition) is 0. The van der Waals surface area contributed by atoms with Gasteiger partial charge in [-0.25, -0.2) is 0 Å². The molecule has 38 heavy (non-hydrogen) atoms. The van der Waals surface area contributed by atoms with Crippen molar-refractivity contribution in [3.63, 3.8) is 0 Å². The van der Waals surface area contributed by atoms with Crippen LogP contribution in [0.2, 0.25) is 0 Å². The first-order valence-corrected chi connectivity index (χ1v) is 11.4. The quantitative estimate of drug-likeness (QED) is 0.188. The molecule has 3 aromatic carbocycles. The fraction of sp³-hybridized carbons (Fsp3) is 0.172. The molecule has 0 bridgehead atoms. The molecule has 0 saturated heterocycles. The Morgan fingerprint density at radius 2 is 1.29 bits per heavy atom. The van der Waals surface area contributed by atoms with E-state index < -0.39 is 52.8 Å². The van der Waals surface area contributed by atoms with Crippen LogP contribution in [0.25, 0.3) is 0 Å². The molecule has 3 aromatic rings. The first kappa shape index (κ1) is 26.9. The monoisotopic (exact) mass is 530 g/mol. The van der Waals surface area contributed by atoms with Crippen molar-refractivity contribution in [1.29, 1.82) is 0 Å². The van der Waals surface area contributed by atoms with Gasteiger partial charge in [0.2, 0.25) is 11.5 Å². The van der Waals surface area contributed by atoms with E-state index in [-0.39, 0.29) is 22.8 Å². The van der Waals surface area contributed by atoms with E-state index in [2.05, 4.69) is 0 Å². The van der Waals surface area contributed by atoms with Crippen LogP contribution in [-0.2, 0) is 4.74 Å². The van der Waals surface area contributed by atoms with Crippen molar-refractivity contribution < 1.29 is 40.7 Å². The third kappa shape index (κ3) is 5.56. The summed E-state index contributed by atoms with van der Waals surface area (Å²) >= 11 is 0. The molecule has 1 aliphatic rings. The van der Waals surface area contributed by atoms with Crippen molar-refractivity contribution >= 4 is 11.6 Å². The lowest BCUT2D eigenvalue weighted by Crippen LogP contribution is -2.29. The number of hydrogen-bond acceptors (Lipinski definition) is 3. The number of ether oxygens (including phenoxy) is 1. The maximum atomic E-state index is 14.5. The second kappa shape index (κ2) is 10.3. The van der Waals surface area contributed by atoms with E-state index in [1.807, 2.05) is 0 Å². The number of halogens is 6. The molecule has 2 atom stereocenters. The fourth-order valence-corrected chi connectivity index (χ4v) is 4.28. The summed E-state index contributed by atoms with van der Waals surface area (Å²) in [6, 6.07) is 19.8. The number of rotatable bonds is 6. The van der Waals surface area contributed by atoms with Crippen LogP contribution >= 0.6 is 0 Å². The average molecular weight is 530 g/mol. The summed E-state index contributed by atoms with van der Waals surface area (Å²) < 4.78 is 91.1. The molecule has 0 N–H and O–H groups in total. The number of allylic oxidation sites excluding steroid dienone is 3. The van der Waals surface area contributed by atoms with Crippen molar-refractivity contribution in [3.05, 3.63) is 130 Å². The van der Waals surface area contributed by atoms with Crippen LogP contribution < -0.4 is 0 Å². The molecule has 0 aliphatic carbocycles. The Labute approximate surface area is 214 Å². The lowest BCUT2D eigenvalue weighted by Gasteiger charge is -2.23. The Balaban J connectivity index is 1.97. The minimum Gasteiger partial charge on any atom is -0.476 e. The van der Waals surface area contributed by atoms with E-state index in [1.54, 1.807) is 13.0 Å². The molecule has 0 radical (unpaired) electrons. The molecular weight excluding hydrogens is 510 g/mol. The molecule has 9 heteroatoms. The van der Waals surface area contributed by atoms with E-state index >= 15 is 0 Å². The zero-order valence-electron chi connectivity index (χ0n) is 19.8. The van der Waals surface area contributed by atoms with Crippen LogP contribution in [0.4, 0.5) is 26.3 Å². The highest BCUT2D eigenvalue weighted by Gasteiger charge is 2.55. The summed E-state index contributed by atoms with van der Waals surface area (Å²) in [6.07, 6.45) is -12.6. The maximum Gasteiger partial charge on any atom is 0.449 e. The second-order valence-corrected chi connectivity index (χ2v) is 8.68. The molecule has 4 rings (SSSR count). The Hall–Kier alpha value is -4.14. The van der Waals surface area contributed by atoms with Gasteiger partial charge < -0.3 is 4.74 Å². The molecule has 0 amide bonds. The molecular formula is C29H20F6O3. The Kier molecular flexibility index (Phi) is 7.31. The third-order valence-corrected chi connectivity index (χ3v) is 6.04. The summed E-state index contributed by atoms with van der Waals surface area (Å²) in [4.78, 5) is 26.1. The Morgan fingerprint density at radius 3 is 1.79 bits per heavy atom. The van der Waals surface area contributed by atoms with E-state index in [0.29, 0.717) is 5.56 Å². The summed E-state index contributed by atoms with van der Waals surface area (Å²) in [7, 11) is 0.